The van der Waals surface area contributed by atoms with Gasteiger partial charge in [0.25, 0.3) is 0 Å². The fourth-order valence-electron chi connectivity index (χ4n) is 6.33. The minimum Gasteiger partial charge on any atom is -0.479 e. The fourth-order valence-corrected chi connectivity index (χ4v) is 6.33. The molecule has 0 radical (unpaired) electrons. The molecule has 0 bridgehead atoms. The van der Waals surface area contributed by atoms with Crippen molar-refractivity contribution in [3.05, 3.63) is 0 Å². The van der Waals surface area contributed by atoms with E-state index < -0.39 is 168 Å². The monoisotopic (exact) mass is 828 g/mol. The largest absolute Gasteiger partial charge is 0.479 e. The Hall–Kier alpha value is -1.45. The number of carbonyl (C=O) groups is 1. The van der Waals surface area contributed by atoms with Crippen LogP contribution in [-0.4, -0.2) is 265 Å². The molecule has 0 saturated carbocycles. The first kappa shape index (κ1) is 48.9. The van der Waals surface area contributed by atoms with Crippen LogP contribution in [0.3, 0.4) is 0 Å². The Kier molecular flexibility index (Phi) is 20.4. The Labute approximate surface area is 319 Å². The van der Waals surface area contributed by atoms with Crippen molar-refractivity contribution in [2.45, 2.75) is 130 Å². The number of ether oxygens (including phenoxy) is 9. The molecule has 3 fully saturated rings. The lowest BCUT2D eigenvalue weighted by Crippen LogP contribution is -2.67. The zero-order valence-electron chi connectivity index (χ0n) is 30.2. The summed E-state index contributed by atoms with van der Waals surface area (Å²) in [7, 11) is 0. The molecule has 3 aliphatic rings. The van der Waals surface area contributed by atoms with Crippen LogP contribution >= 0.6 is 0 Å². The summed E-state index contributed by atoms with van der Waals surface area (Å²) >= 11 is 0. The smallest absolute Gasteiger partial charge is 0.335 e. The van der Waals surface area contributed by atoms with E-state index in [0.29, 0.717) is 0 Å². The third-order valence-corrected chi connectivity index (χ3v) is 9.24. The first-order valence-corrected chi connectivity index (χ1v) is 17.7. The summed E-state index contributed by atoms with van der Waals surface area (Å²) in [6.07, 6.45) is -37.6. The van der Waals surface area contributed by atoms with Gasteiger partial charge in [-0.1, -0.05) is 0 Å². The molecule has 0 aromatic rings. The van der Waals surface area contributed by atoms with Crippen molar-refractivity contribution in [3.8, 4) is 0 Å². The van der Waals surface area contributed by atoms with Gasteiger partial charge in [0.05, 0.1) is 52.9 Å². The first-order chi connectivity index (χ1) is 26.6. The number of aliphatic carboxylic acids is 1. The summed E-state index contributed by atoms with van der Waals surface area (Å²) in [6, 6.07) is 0. The van der Waals surface area contributed by atoms with Crippen molar-refractivity contribution < 1.29 is 124 Å². The van der Waals surface area contributed by atoms with Crippen LogP contribution in [0.15, 0.2) is 0 Å². The normalized spacial score (nSPS) is 39.4. The molecule has 8 unspecified atom stereocenters. The third kappa shape index (κ3) is 11.9. The van der Waals surface area contributed by atoms with Crippen molar-refractivity contribution in [1.82, 2.24) is 0 Å². The standard InChI is InChI=1S/C31H56O25/c1-2-49-24-12(8-35)52-31(27(22(24)45)50-6-4-33)56-25-13(9-36)51-29(20(43)17(25)40)55-26-14(10-48-5-3-32)53-30(21(44)18(26)41)54-23(11(37)7-34)16(39)15(38)19(42)28(46)47/h11-27,29-45H,2-10H2,1H3,(H,46,47)/t11?,12?,13?,14?,15?,16-,17?,18?,19-,20-,21-,22?,23-,24-,25-,26-,27-,29+,30+,31+/m0/s1. The lowest BCUT2D eigenvalue weighted by molar-refractivity contribution is -0.385. The molecule has 3 rings (SSSR count). The predicted octanol–water partition coefficient (Wildman–Crippen LogP) is -9.58. The molecule has 25 heteroatoms. The molecule has 15 N–H and O–H groups in total. The molecular formula is C31H56O25. The van der Waals surface area contributed by atoms with Crippen LogP contribution < -0.4 is 0 Å². The SMILES string of the molecule is CCO[C@H]1C(CO)O[C@H](O[C@H]2C(CO)O[C@H](O[C@H]3C(COCCO)O[C@H](O[C@@H](C(O)CO)[C@@H](O)C(O)[C@H](O)C(=O)O)[C@@H](O)C3O)[C@@H](O)C2O)[C@@H](OCCO)C1O. The van der Waals surface area contributed by atoms with Crippen LogP contribution in [0.2, 0.25) is 0 Å². The molecule has 25 nitrogen and oxygen atoms in total. The van der Waals surface area contributed by atoms with Crippen LogP contribution in [0.25, 0.3) is 0 Å². The Bertz CT molecular complexity index is 1120. The topological polar surface area (TPSA) is 404 Å². The van der Waals surface area contributed by atoms with Gasteiger partial charge in [0.1, 0.15) is 97.7 Å². The van der Waals surface area contributed by atoms with E-state index in [4.69, 9.17) is 47.7 Å². The third-order valence-electron chi connectivity index (χ3n) is 9.24. The quantitative estimate of drug-likeness (QED) is 0.0425. The number of hydrogen-bond donors (Lipinski definition) is 15. The second kappa shape index (κ2) is 23.4. The van der Waals surface area contributed by atoms with Gasteiger partial charge in [-0.25, -0.2) is 4.79 Å². The van der Waals surface area contributed by atoms with E-state index in [0.717, 1.165) is 0 Å². The van der Waals surface area contributed by atoms with Gasteiger partial charge in [-0.2, -0.15) is 0 Å². The number of rotatable bonds is 23. The minimum absolute atomic E-state index is 0.106. The highest BCUT2D eigenvalue weighted by Gasteiger charge is 2.55. The second-order valence-corrected chi connectivity index (χ2v) is 13.0. The average molecular weight is 829 g/mol. The second-order valence-electron chi connectivity index (χ2n) is 13.0. The van der Waals surface area contributed by atoms with Gasteiger partial charge < -0.3 is 119 Å². The van der Waals surface area contributed by atoms with E-state index in [1.165, 1.54) is 0 Å². The molecule has 3 heterocycles. The van der Waals surface area contributed by atoms with Crippen LogP contribution in [-0.2, 0) is 47.4 Å². The Morgan fingerprint density at radius 1 is 0.625 bits per heavy atom. The Morgan fingerprint density at radius 2 is 1.16 bits per heavy atom. The highest BCUT2D eigenvalue weighted by molar-refractivity contribution is 5.72. The Morgan fingerprint density at radius 3 is 1.71 bits per heavy atom. The van der Waals surface area contributed by atoms with Gasteiger partial charge in [0.2, 0.25) is 0 Å². The molecule has 0 aliphatic carbocycles. The zero-order chi connectivity index (χ0) is 41.9. The number of carboxylic acid groups (broad SMARTS) is 1. The first-order valence-electron chi connectivity index (χ1n) is 17.7. The summed E-state index contributed by atoms with van der Waals surface area (Å²) in [5.41, 5.74) is 0. The highest BCUT2D eigenvalue weighted by Crippen LogP contribution is 2.34. The minimum atomic E-state index is -2.60. The molecule has 3 saturated heterocycles. The maximum atomic E-state index is 11.2. The van der Waals surface area contributed by atoms with Crippen LogP contribution in [0, 0.1) is 0 Å². The van der Waals surface area contributed by atoms with E-state index in [-0.39, 0.29) is 19.8 Å². The summed E-state index contributed by atoms with van der Waals surface area (Å²) in [6.45, 7) is -3.18. The van der Waals surface area contributed by atoms with Crippen LogP contribution in [0.4, 0.5) is 0 Å². The molecule has 330 valence electrons. The van der Waals surface area contributed by atoms with Gasteiger partial charge in [-0.05, 0) is 6.92 Å². The lowest BCUT2D eigenvalue weighted by Gasteiger charge is -2.49. The van der Waals surface area contributed by atoms with Crippen LogP contribution in [0.5, 0.6) is 0 Å². The van der Waals surface area contributed by atoms with E-state index in [1.807, 2.05) is 0 Å². The van der Waals surface area contributed by atoms with Gasteiger partial charge in [0, 0.05) is 6.61 Å². The van der Waals surface area contributed by atoms with Gasteiger partial charge in [0.15, 0.2) is 25.0 Å². The van der Waals surface area contributed by atoms with Crippen molar-refractivity contribution in [2.24, 2.45) is 0 Å². The predicted molar refractivity (Wildman–Crippen MR) is 174 cm³/mol. The van der Waals surface area contributed by atoms with E-state index >= 15 is 0 Å². The molecule has 0 aromatic carbocycles. The maximum absolute atomic E-state index is 11.2. The molecule has 0 aromatic heterocycles. The molecule has 3 aliphatic heterocycles. The lowest BCUT2D eigenvalue weighted by atomic mass is 9.95. The van der Waals surface area contributed by atoms with E-state index in [2.05, 4.69) is 0 Å². The van der Waals surface area contributed by atoms with Gasteiger partial charge in [-0.3, -0.25) is 0 Å². The van der Waals surface area contributed by atoms with Gasteiger partial charge in [-0.15, -0.1) is 0 Å². The molecule has 0 spiro atoms. The summed E-state index contributed by atoms with van der Waals surface area (Å²) in [4.78, 5) is 11.1. The summed E-state index contributed by atoms with van der Waals surface area (Å²) in [5, 5.41) is 153. The molecule has 20 atom stereocenters. The summed E-state index contributed by atoms with van der Waals surface area (Å²) < 4.78 is 50.4. The van der Waals surface area contributed by atoms with Crippen molar-refractivity contribution in [3.63, 3.8) is 0 Å². The fraction of sp³-hybridized carbons (Fsp3) is 0.968. The van der Waals surface area contributed by atoms with Crippen LogP contribution in [0.1, 0.15) is 6.92 Å². The molecule has 56 heavy (non-hydrogen) atoms. The highest BCUT2D eigenvalue weighted by atomic mass is 16.8. The number of aliphatic hydroxyl groups excluding tert-OH is 14. The Balaban J connectivity index is 1.83. The van der Waals surface area contributed by atoms with Crippen molar-refractivity contribution in [2.75, 3.05) is 59.5 Å². The van der Waals surface area contributed by atoms with Gasteiger partial charge >= 0.3 is 5.97 Å². The maximum Gasteiger partial charge on any atom is 0.335 e. The van der Waals surface area contributed by atoms with Crippen molar-refractivity contribution in [1.29, 1.82) is 0 Å². The number of hydrogen-bond acceptors (Lipinski definition) is 24. The zero-order valence-corrected chi connectivity index (χ0v) is 30.2. The number of aliphatic hydroxyl groups is 14. The number of carboxylic acids is 1. The molecule has 0 amide bonds. The summed E-state index contributed by atoms with van der Waals surface area (Å²) in [5.74, 6) is -1.97. The average Bonchev–Trinajstić information content (AvgIpc) is 3.18. The van der Waals surface area contributed by atoms with E-state index in [1.54, 1.807) is 6.92 Å². The van der Waals surface area contributed by atoms with E-state index in [9.17, 15) is 76.3 Å². The van der Waals surface area contributed by atoms with Crippen molar-refractivity contribution >= 4 is 5.97 Å². The molecular weight excluding hydrogens is 772 g/mol.